The molecule has 3 aromatic rings. The number of carbonyl (C=O) groups is 1. The van der Waals surface area contributed by atoms with E-state index in [1.165, 1.54) is 0 Å². The molecule has 0 aliphatic carbocycles. The van der Waals surface area contributed by atoms with Crippen LogP contribution in [0, 0.1) is 12.8 Å². The quantitative estimate of drug-likeness (QED) is 0.238. The van der Waals surface area contributed by atoms with E-state index in [4.69, 9.17) is 33.5 Å². The number of rotatable bonds is 15. The second kappa shape index (κ2) is 16.7. The van der Waals surface area contributed by atoms with Crippen molar-refractivity contribution in [2.45, 2.75) is 39.0 Å². The Morgan fingerprint density at radius 1 is 0.960 bits per heavy atom. The van der Waals surface area contributed by atoms with Crippen LogP contribution in [-0.4, -0.2) is 109 Å². The molecule has 13 heteroatoms. The summed E-state index contributed by atoms with van der Waals surface area (Å²) in [4.78, 5) is 32.5. The van der Waals surface area contributed by atoms with Crippen molar-refractivity contribution < 1.29 is 38.3 Å². The van der Waals surface area contributed by atoms with Crippen molar-refractivity contribution in [1.29, 1.82) is 0 Å². The second-order valence-electron chi connectivity index (χ2n) is 12.6. The molecule has 3 aliphatic heterocycles. The molecule has 50 heavy (non-hydrogen) atoms. The number of benzene rings is 2. The lowest BCUT2D eigenvalue weighted by Crippen LogP contribution is -2.50. The van der Waals surface area contributed by atoms with Crippen LogP contribution in [0.25, 0.3) is 5.69 Å². The van der Waals surface area contributed by atoms with Gasteiger partial charge in [-0.25, -0.2) is 4.68 Å². The van der Waals surface area contributed by atoms with Crippen LogP contribution in [0.5, 0.6) is 11.5 Å². The van der Waals surface area contributed by atoms with Gasteiger partial charge in [-0.1, -0.05) is 24.3 Å². The van der Waals surface area contributed by atoms with Crippen LogP contribution >= 0.6 is 0 Å². The minimum Gasteiger partial charge on any atom is -0.459 e. The molecule has 3 aliphatic rings. The summed E-state index contributed by atoms with van der Waals surface area (Å²) in [6.45, 7) is 8.96. The second-order valence-corrected chi connectivity index (χ2v) is 12.6. The van der Waals surface area contributed by atoms with E-state index in [2.05, 4.69) is 4.90 Å². The first-order chi connectivity index (χ1) is 24.4. The van der Waals surface area contributed by atoms with Crippen molar-refractivity contribution in [3.8, 4) is 17.2 Å². The molecule has 1 aromatic heterocycles. The Hall–Kier alpha value is -4.14. The third-order valence-corrected chi connectivity index (χ3v) is 9.56. The van der Waals surface area contributed by atoms with E-state index in [-0.39, 0.29) is 43.2 Å². The van der Waals surface area contributed by atoms with E-state index >= 15 is 0 Å². The van der Waals surface area contributed by atoms with Crippen LogP contribution in [0.15, 0.2) is 65.2 Å². The number of aliphatic hydroxyl groups excluding tert-OH is 1. The molecule has 0 spiro atoms. The van der Waals surface area contributed by atoms with E-state index < -0.39 is 12.2 Å². The first-order valence-electron chi connectivity index (χ1n) is 17.4. The van der Waals surface area contributed by atoms with Gasteiger partial charge in [0.25, 0.3) is 11.5 Å². The summed E-state index contributed by atoms with van der Waals surface area (Å²) in [5.74, 6) is 0.733. The summed E-state index contributed by atoms with van der Waals surface area (Å²) >= 11 is 0. The zero-order chi connectivity index (χ0) is 35.0. The van der Waals surface area contributed by atoms with E-state index in [9.17, 15) is 9.59 Å². The molecular formula is C37H48N4O9. The van der Waals surface area contributed by atoms with Gasteiger partial charge in [-0.2, -0.15) is 0 Å². The van der Waals surface area contributed by atoms with Crippen molar-refractivity contribution in [3.05, 3.63) is 87.5 Å². The number of piperazine rings is 1. The number of fused-ring (bicyclic) bond motifs is 1. The largest absolute Gasteiger partial charge is 0.459 e. The zero-order valence-electron chi connectivity index (χ0n) is 29.1. The minimum atomic E-state index is -0.764. The fourth-order valence-electron chi connectivity index (χ4n) is 6.91. The number of para-hydroxylation sites is 1. The van der Waals surface area contributed by atoms with Crippen LogP contribution < -0.4 is 15.0 Å². The third kappa shape index (κ3) is 7.92. The smallest absolute Gasteiger partial charge is 0.288 e. The molecule has 2 aromatic carbocycles. The monoisotopic (exact) mass is 692 g/mol. The number of aromatic nitrogens is 2. The molecule has 0 bridgehead atoms. The molecule has 1 saturated heterocycles. The van der Waals surface area contributed by atoms with Gasteiger partial charge in [0, 0.05) is 76.1 Å². The number of ether oxygens (including phenoxy) is 6. The Bertz CT molecular complexity index is 1680. The van der Waals surface area contributed by atoms with Gasteiger partial charge in [0.1, 0.15) is 0 Å². The lowest BCUT2D eigenvalue weighted by atomic mass is 9.81. The van der Waals surface area contributed by atoms with E-state index in [1.807, 2.05) is 85.1 Å². The SMILES string of the molecule is CCO[C@H]1OC(C(=O)N2CCN(Cc3ccc4c(c3)OCO4)CC2)=C[C@@H](c2c(C)n(C)n(-c3ccccc3)c2=O)[C@@H]1CCOCCOCCO. The van der Waals surface area contributed by atoms with E-state index in [0.717, 1.165) is 35.0 Å². The molecule has 0 saturated carbocycles. The molecule has 6 rings (SSSR count). The van der Waals surface area contributed by atoms with Crippen LogP contribution in [0.3, 0.4) is 0 Å². The highest BCUT2D eigenvalue weighted by Crippen LogP contribution is 2.40. The fraction of sp³-hybridized carbons (Fsp3) is 0.514. The number of amides is 1. The zero-order valence-corrected chi connectivity index (χ0v) is 29.1. The Morgan fingerprint density at radius 3 is 2.44 bits per heavy atom. The van der Waals surface area contributed by atoms with Crippen LogP contribution in [0.2, 0.25) is 0 Å². The third-order valence-electron chi connectivity index (χ3n) is 9.56. The van der Waals surface area contributed by atoms with Gasteiger partial charge in [0.15, 0.2) is 17.3 Å². The lowest BCUT2D eigenvalue weighted by molar-refractivity contribution is -0.172. The molecule has 270 valence electrons. The first-order valence-corrected chi connectivity index (χ1v) is 17.4. The number of allylic oxidation sites excluding steroid dienone is 1. The van der Waals surface area contributed by atoms with Crippen molar-refractivity contribution in [3.63, 3.8) is 0 Å². The Kier molecular flexibility index (Phi) is 11.9. The molecule has 0 unspecified atom stereocenters. The maximum Gasteiger partial charge on any atom is 0.288 e. The van der Waals surface area contributed by atoms with Gasteiger partial charge in [0.05, 0.1) is 32.1 Å². The van der Waals surface area contributed by atoms with Crippen LogP contribution in [-0.2, 0) is 37.3 Å². The van der Waals surface area contributed by atoms with Crippen LogP contribution in [0.4, 0.5) is 0 Å². The Labute approximate surface area is 292 Å². The average molecular weight is 693 g/mol. The summed E-state index contributed by atoms with van der Waals surface area (Å²) in [6, 6.07) is 15.5. The Balaban J connectivity index is 1.23. The maximum absolute atomic E-state index is 14.3. The van der Waals surface area contributed by atoms with Crippen molar-refractivity contribution in [2.24, 2.45) is 13.0 Å². The molecule has 1 fully saturated rings. The number of carbonyl (C=O) groups excluding carboxylic acids is 1. The lowest BCUT2D eigenvalue weighted by Gasteiger charge is -2.39. The number of aliphatic hydroxyl groups is 1. The van der Waals surface area contributed by atoms with Crippen molar-refractivity contribution in [1.82, 2.24) is 19.2 Å². The van der Waals surface area contributed by atoms with Crippen molar-refractivity contribution in [2.75, 3.05) is 72.6 Å². The maximum atomic E-state index is 14.3. The molecule has 1 amide bonds. The highest BCUT2D eigenvalue weighted by molar-refractivity contribution is 5.92. The highest BCUT2D eigenvalue weighted by Gasteiger charge is 2.42. The molecule has 3 atom stereocenters. The number of nitrogens with zero attached hydrogens (tertiary/aromatic N) is 4. The molecule has 1 N–H and O–H groups in total. The summed E-state index contributed by atoms with van der Waals surface area (Å²) in [5.41, 5.74) is 3.12. The van der Waals surface area contributed by atoms with Gasteiger partial charge < -0.3 is 38.4 Å². The van der Waals surface area contributed by atoms with Gasteiger partial charge in [0.2, 0.25) is 13.1 Å². The number of hydrogen-bond acceptors (Lipinski definition) is 10. The van der Waals surface area contributed by atoms with Gasteiger partial charge in [-0.3, -0.25) is 19.2 Å². The summed E-state index contributed by atoms with van der Waals surface area (Å²) in [6.07, 6.45) is 1.58. The van der Waals surface area contributed by atoms with Gasteiger partial charge in [-0.15, -0.1) is 0 Å². The predicted molar refractivity (Wildman–Crippen MR) is 184 cm³/mol. The van der Waals surface area contributed by atoms with Gasteiger partial charge >= 0.3 is 0 Å². The normalized spacial score (nSPS) is 20.5. The summed E-state index contributed by atoms with van der Waals surface area (Å²) < 4.78 is 38.2. The summed E-state index contributed by atoms with van der Waals surface area (Å²) in [7, 11) is 1.87. The molecule has 13 nitrogen and oxygen atoms in total. The van der Waals surface area contributed by atoms with Crippen LogP contribution in [0.1, 0.15) is 36.1 Å². The minimum absolute atomic E-state index is 0.0433. The topological polar surface area (TPSA) is 126 Å². The highest BCUT2D eigenvalue weighted by atomic mass is 16.7. The molecule has 0 radical (unpaired) electrons. The predicted octanol–water partition coefficient (Wildman–Crippen LogP) is 2.95. The first kappa shape index (κ1) is 35.7. The average Bonchev–Trinajstić information content (AvgIpc) is 3.69. The van der Waals surface area contributed by atoms with Crippen molar-refractivity contribution >= 4 is 5.91 Å². The molecular weight excluding hydrogens is 644 g/mol. The fourth-order valence-corrected chi connectivity index (χ4v) is 6.91. The van der Waals surface area contributed by atoms with E-state index in [1.54, 1.807) is 4.68 Å². The van der Waals surface area contributed by atoms with E-state index in [0.29, 0.717) is 64.6 Å². The Morgan fingerprint density at radius 2 is 1.70 bits per heavy atom. The standard InChI is InChI=1S/C37H48N4O9/c1-4-47-37-29(12-18-45-20-21-46-19-17-42)30(34-26(2)38(3)41(36(34)44)28-8-6-5-7-9-28)23-33(50-37)35(43)40-15-13-39(14-16-40)24-27-10-11-31-32(22-27)49-25-48-31/h5-11,22-23,29-30,37,42H,4,12-21,24-25H2,1-3H3/t29-,30+,37-/m0/s1. The summed E-state index contributed by atoms with van der Waals surface area (Å²) in [5, 5.41) is 8.97. The number of hydrogen-bond donors (Lipinski definition) is 1. The molecule has 4 heterocycles. The van der Waals surface area contributed by atoms with Gasteiger partial charge in [-0.05, 0) is 56.2 Å².